The van der Waals surface area contributed by atoms with E-state index in [9.17, 15) is 10.2 Å². The van der Waals surface area contributed by atoms with E-state index in [0.29, 0.717) is 16.7 Å². The van der Waals surface area contributed by atoms with Gasteiger partial charge in [0, 0.05) is 0 Å². The minimum absolute atomic E-state index is 0.162. The zero-order valence-corrected chi connectivity index (χ0v) is 17.8. The fraction of sp³-hybridized carbons (Fsp3) is 1.00. The van der Waals surface area contributed by atoms with Gasteiger partial charge in [-0.05, 0) is 111 Å². The van der Waals surface area contributed by atoms with Crippen LogP contribution in [-0.2, 0) is 0 Å². The van der Waals surface area contributed by atoms with Crippen molar-refractivity contribution < 1.29 is 10.2 Å². The molecule has 10 atom stereocenters. The molecule has 2 nitrogen and oxygen atoms in total. The third-order valence-corrected chi connectivity index (χ3v) is 10.4. The van der Waals surface area contributed by atoms with Crippen molar-refractivity contribution in [2.24, 2.45) is 46.3 Å². The van der Waals surface area contributed by atoms with Crippen molar-refractivity contribution >= 4 is 0 Å². The molecule has 0 bridgehead atoms. The maximum absolute atomic E-state index is 10.9. The van der Waals surface area contributed by atoms with Crippen LogP contribution in [0.2, 0.25) is 0 Å². The van der Waals surface area contributed by atoms with Crippen molar-refractivity contribution in [3.63, 3.8) is 0 Å². The van der Waals surface area contributed by atoms with E-state index in [1.54, 1.807) is 0 Å². The Kier molecular flexibility index (Phi) is 4.60. The van der Waals surface area contributed by atoms with Crippen molar-refractivity contribution in [1.29, 1.82) is 0 Å². The van der Waals surface area contributed by atoms with Gasteiger partial charge in [0.05, 0.1) is 11.7 Å². The lowest BCUT2D eigenvalue weighted by Gasteiger charge is -2.62. The van der Waals surface area contributed by atoms with Crippen LogP contribution in [0.1, 0.15) is 92.4 Å². The number of rotatable bonds is 2. The summed E-state index contributed by atoms with van der Waals surface area (Å²) in [6.07, 6.45) is 10.6. The van der Waals surface area contributed by atoms with Crippen LogP contribution in [0, 0.1) is 46.3 Å². The van der Waals surface area contributed by atoms with Gasteiger partial charge in [0.1, 0.15) is 0 Å². The van der Waals surface area contributed by atoms with Gasteiger partial charge in [0.2, 0.25) is 0 Å². The molecule has 1 unspecified atom stereocenters. The van der Waals surface area contributed by atoms with E-state index in [2.05, 4.69) is 27.7 Å². The highest BCUT2D eigenvalue weighted by Crippen LogP contribution is 2.69. The summed E-state index contributed by atoms with van der Waals surface area (Å²) in [7, 11) is 0. The second-order valence-electron chi connectivity index (χ2n) is 11.5. The molecule has 0 aromatic heterocycles. The first-order valence-electron chi connectivity index (χ1n) is 11.5. The molecule has 0 aliphatic heterocycles. The Bertz CT molecular complexity index is 544. The van der Waals surface area contributed by atoms with Gasteiger partial charge in [-0.2, -0.15) is 0 Å². The van der Waals surface area contributed by atoms with E-state index in [4.69, 9.17) is 0 Å². The summed E-state index contributed by atoms with van der Waals surface area (Å²) in [5, 5.41) is 21.4. The van der Waals surface area contributed by atoms with Crippen LogP contribution in [0.15, 0.2) is 0 Å². The Morgan fingerprint density at radius 3 is 2.42 bits per heavy atom. The highest BCUT2D eigenvalue weighted by atomic mass is 16.3. The Hall–Kier alpha value is -0.0800. The Balaban J connectivity index is 1.62. The van der Waals surface area contributed by atoms with Crippen molar-refractivity contribution in [3.05, 3.63) is 0 Å². The molecular formula is C24H42O2. The van der Waals surface area contributed by atoms with Crippen LogP contribution in [0.4, 0.5) is 0 Å². The number of aliphatic hydroxyl groups excluding tert-OH is 1. The second-order valence-corrected chi connectivity index (χ2v) is 11.5. The van der Waals surface area contributed by atoms with Crippen molar-refractivity contribution in [3.8, 4) is 0 Å². The summed E-state index contributed by atoms with van der Waals surface area (Å²) in [6, 6.07) is 0. The molecule has 150 valence electrons. The van der Waals surface area contributed by atoms with E-state index in [1.807, 2.05) is 6.92 Å². The highest BCUT2D eigenvalue weighted by Gasteiger charge is 2.63. The van der Waals surface area contributed by atoms with Crippen LogP contribution in [0.25, 0.3) is 0 Å². The van der Waals surface area contributed by atoms with Gasteiger partial charge in [0.25, 0.3) is 0 Å². The van der Waals surface area contributed by atoms with Crippen LogP contribution in [0.5, 0.6) is 0 Å². The molecule has 0 spiro atoms. The van der Waals surface area contributed by atoms with Gasteiger partial charge in [-0.15, -0.1) is 0 Å². The number of aliphatic hydroxyl groups is 2. The van der Waals surface area contributed by atoms with Crippen molar-refractivity contribution in [2.75, 3.05) is 0 Å². The highest BCUT2D eigenvalue weighted by molar-refractivity contribution is 5.12. The summed E-state index contributed by atoms with van der Waals surface area (Å²) in [4.78, 5) is 0. The molecule has 4 aliphatic carbocycles. The summed E-state index contributed by atoms with van der Waals surface area (Å²) >= 11 is 0. The van der Waals surface area contributed by atoms with Crippen LogP contribution >= 0.6 is 0 Å². The molecule has 26 heavy (non-hydrogen) atoms. The van der Waals surface area contributed by atoms with Gasteiger partial charge < -0.3 is 10.2 Å². The zero-order valence-electron chi connectivity index (χ0n) is 17.8. The first kappa shape index (κ1) is 19.2. The SMILES string of the molecule is CC[C@]1(O)CC[C@@]2(C)[C@@H](CC[C@H]3[C@@H]4[C@@H](C)C[C@H](C(C)O)[C@@]4(C)CC[C@@H]32)C1. The number of fused-ring (bicyclic) bond motifs is 5. The second kappa shape index (κ2) is 6.21. The van der Waals surface area contributed by atoms with Gasteiger partial charge in [-0.3, -0.25) is 0 Å². The molecule has 4 aliphatic rings. The fourth-order valence-corrected chi connectivity index (χ4v) is 8.99. The average Bonchev–Trinajstić information content (AvgIpc) is 2.87. The third-order valence-electron chi connectivity index (χ3n) is 10.4. The summed E-state index contributed by atoms with van der Waals surface area (Å²) in [6.45, 7) is 11.8. The van der Waals surface area contributed by atoms with Crippen molar-refractivity contribution in [2.45, 2.75) is 104 Å². The van der Waals surface area contributed by atoms with Gasteiger partial charge in [-0.25, -0.2) is 0 Å². The minimum Gasteiger partial charge on any atom is -0.393 e. The van der Waals surface area contributed by atoms with E-state index in [1.165, 1.54) is 38.5 Å². The van der Waals surface area contributed by atoms with Gasteiger partial charge in [0.15, 0.2) is 0 Å². The standard InChI is InChI=1S/C24H42O2/c1-6-24(26)12-11-22(4)17(14-24)7-8-18-19(22)9-10-23(5)20(16(3)25)13-15(2)21(18)23/h15-21,25-26H,6-14H2,1-5H3/t15-,16?,17-,18+,19-,20+,21-,22-,23+,24-/m0/s1. The number of hydrogen-bond acceptors (Lipinski definition) is 2. The molecule has 2 heteroatoms. The summed E-state index contributed by atoms with van der Waals surface area (Å²) in [5.74, 6) is 4.45. The monoisotopic (exact) mass is 362 g/mol. The molecule has 4 fully saturated rings. The largest absolute Gasteiger partial charge is 0.393 e. The molecule has 0 amide bonds. The van der Waals surface area contributed by atoms with E-state index < -0.39 is 5.60 Å². The van der Waals surface area contributed by atoms with E-state index >= 15 is 0 Å². The van der Waals surface area contributed by atoms with E-state index in [-0.39, 0.29) is 6.10 Å². The first-order valence-corrected chi connectivity index (χ1v) is 11.5. The molecule has 0 aromatic carbocycles. The summed E-state index contributed by atoms with van der Waals surface area (Å²) in [5.41, 5.74) is 0.392. The lowest BCUT2D eigenvalue weighted by atomic mass is 9.43. The topological polar surface area (TPSA) is 40.5 Å². The normalized spacial score (nSPS) is 57.8. The van der Waals surface area contributed by atoms with Crippen molar-refractivity contribution in [1.82, 2.24) is 0 Å². The lowest BCUT2D eigenvalue weighted by Crippen LogP contribution is -2.56. The Labute approximate surface area is 161 Å². The average molecular weight is 363 g/mol. The lowest BCUT2D eigenvalue weighted by molar-refractivity contribution is -0.158. The molecule has 0 heterocycles. The van der Waals surface area contributed by atoms with Gasteiger partial charge in [-0.1, -0.05) is 27.7 Å². The molecule has 0 radical (unpaired) electrons. The van der Waals surface area contributed by atoms with Gasteiger partial charge >= 0.3 is 0 Å². The minimum atomic E-state index is -0.391. The van der Waals surface area contributed by atoms with Crippen LogP contribution in [-0.4, -0.2) is 21.9 Å². The number of hydrogen-bond donors (Lipinski definition) is 2. The first-order chi connectivity index (χ1) is 12.1. The molecular weight excluding hydrogens is 320 g/mol. The molecule has 0 saturated heterocycles. The summed E-state index contributed by atoms with van der Waals surface area (Å²) < 4.78 is 0. The van der Waals surface area contributed by atoms with E-state index in [0.717, 1.165) is 48.9 Å². The Morgan fingerprint density at radius 2 is 1.77 bits per heavy atom. The smallest absolute Gasteiger partial charge is 0.0648 e. The maximum Gasteiger partial charge on any atom is 0.0648 e. The predicted molar refractivity (Wildman–Crippen MR) is 107 cm³/mol. The molecule has 0 aromatic rings. The fourth-order valence-electron chi connectivity index (χ4n) is 8.99. The molecule has 4 saturated carbocycles. The quantitative estimate of drug-likeness (QED) is 0.689. The Morgan fingerprint density at radius 1 is 1.04 bits per heavy atom. The molecule has 2 N–H and O–H groups in total. The zero-order chi connectivity index (χ0) is 18.9. The maximum atomic E-state index is 10.9. The predicted octanol–water partition coefficient (Wildman–Crippen LogP) is 5.41. The van der Waals surface area contributed by atoms with Crippen LogP contribution in [0.3, 0.4) is 0 Å². The third kappa shape index (κ3) is 2.57. The molecule has 4 rings (SSSR count). The van der Waals surface area contributed by atoms with Crippen LogP contribution < -0.4 is 0 Å².